The minimum atomic E-state index is -3.67. The molecule has 0 aromatic heterocycles. The van der Waals surface area contributed by atoms with Crippen molar-refractivity contribution in [3.05, 3.63) is 52.5 Å². The quantitative estimate of drug-likeness (QED) is 0.863. The van der Waals surface area contributed by atoms with E-state index in [1.807, 2.05) is 0 Å². The van der Waals surface area contributed by atoms with Crippen LogP contribution < -0.4 is 9.04 Å². The summed E-state index contributed by atoms with van der Waals surface area (Å²) in [6.45, 7) is 0.235. The lowest BCUT2D eigenvalue weighted by Crippen LogP contribution is -2.36. The van der Waals surface area contributed by atoms with Crippen LogP contribution in [0.15, 0.2) is 51.8 Å². The first-order valence-electron chi connectivity index (χ1n) is 7.08. The number of nitrogens with zero attached hydrogens (tertiary/aromatic N) is 1. The monoisotopic (exact) mass is 397 g/mol. The second-order valence-electron chi connectivity index (χ2n) is 5.26. The molecule has 1 aliphatic heterocycles. The third-order valence-corrected chi connectivity index (χ3v) is 6.23. The van der Waals surface area contributed by atoms with Crippen molar-refractivity contribution in [3.8, 4) is 5.75 Å². The average Bonchev–Trinajstić information content (AvgIpc) is 2.55. The van der Waals surface area contributed by atoms with Crippen LogP contribution in [0.2, 0.25) is 0 Å². The molecule has 23 heavy (non-hydrogen) atoms. The van der Waals surface area contributed by atoms with Crippen LogP contribution in [0.1, 0.15) is 18.1 Å². The number of aliphatic hydroxyl groups is 1. The second-order valence-corrected chi connectivity index (χ2v) is 8.04. The highest BCUT2D eigenvalue weighted by Crippen LogP contribution is 2.39. The minimum Gasteiger partial charge on any atom is -0.497 e. The Morgan fingerprint density at radius 1 is 1.22 bits per heavy atom. The van der Waals surface area contributed by atoms with Crippen molar-refractivity contribution in [1.82, 2.24) is 0 Å². The first kappa shape index (κ1) is 16.3. The first-order chi connectivity index (χ1) is 10.9. The Hall–Kier alpha value is -1.57. The summed E-state index contributed by atoms with van der Waals surface area (Å²) in [5.41, 5.74) is 1.06. The molecular weight excluding hydrogens is 382 g/mol. The molecule has 1 unspecified atom stereocenters. The molecule has 1 N–H and O–H groups in total. The van der Waals surface area contributed by atoms with E-state index in [-0.39, 0.29) is 11.4 Å². The van der Waals surface area contributed by atoms with Crippen LogP contribution in [-0.4, -0.2) is 27.2 Å². The molecule has 122 valence electrons. The lowest BCUT2D eigenvalue weighted by atomic mass is 10.0. The molecule has 5 nitrogen and oxygen atoms in total. The zero-order valence-corrected chi connectivity index (χ0v) is 14.8. The van der Waals surface area contributed by atoms with Gasteiger partial charge in [0.2, 0.25) is 0 Å². The van der Waals surface area contributed by atoms with Crippen molar-refractivity contribution >= 4 is 31.6 Å². The molecule has 2 aromatic rings. The molecule has 0 aliphatic carbocycles. The fourth-order valence-corrected chi connectivity index (χ4v) is 4.42. The lowest BCUT2D eigenvalue weighted by molar-refractivity contribution is 0.166. The Kier molecular flexibility index (Phi) is 4.35. The summed E-state index contributed by atoms with van der Waals surface area (Å²) in [5.74, 6) is 0.589. The molecule has 1 heterocycles. The van der Waals surface area contributed by atoms with E-state index in [0.717, 1.165) is 4.47 Å². The number of ether oxygens (including phenoxy) is 1. The van der Waals surface area contributed by atoms with Crippen molar-refractivity contribution in [1.29, 1.82) is 0 Å². The number of halogens is 1. The van der Waals surface area contributed by atoms with Gasteiger partial charge in [0.1, 0.15) is 5.75 Å². The van der Waals surface area contributed by atoms with E-state index in [9.17, 15) is 13.5 Å². The van der Waals surface area contributed by atoms with Crippen molar-refractivity contribution in [3.63, 3.8) is 0 Å². The Morgan fingerprint density at radius 2 is 1.91 bits per heavy atom. The van der Waals surface area contributed by atoms with Crippen LogP contribution in [0.25, 0.3) is 0 Å². The van der Waals surface area contributed by atoms with E-state index in [2.05, 4.69) is 15.9 Å². The smallest absolute Gasteiger partial charge is 0.264 e. The lowest BCUT2D eigenvalue weighted by Gasteiger charge is -2.33. The molecule has 2 aromatic carbocycles. The van der Waals surface area contributed by atoms with E-state index >= 15 is 0 Å². The summed E-state index contributed by atoms with van der Waals surface area (Å²) in [6.07, 6.45) is -0.355. The normalized spacial score (nSPS) is 17.7. The van der Waals surface area contributed by atoms with Gasteiger partial charge < -0.3 is 9.84 Å². The number of aliphatic hydroxyl groups excluding tert-OH is 1. The van der Waals surface area contributed by atoms with Crippen LogP contribution in [0.4, 0.5) is 5.69 Å². The zero-order valence-electron chi connectivity index (χ0n) is 12.4. The Bertz CT molecular complexity index is 820. The Morgan fingerprint density at radius 3 is 2.57 bits per heavy atom. The molecule has 0 amide bonds. The van der Waals surface area contributed by atoms with Crippen LogP contribution >= 0.6 is 15.9 Å². The predicted molar refractivity (Wildman–Crippen MR) is 91.2 cm³/mol. The first-order valence-corrected chi connectivity index (χ1v) is 9.31. The average molecular weight is 398 g/mol. The molecule has 0 saturated carbocycles. The molecule has 7 heteroatoms. The van der Waals surface area contributed by atoms with Gasteiger partial charge in [0.25, 0.3) is 10.0 Å². The van der Waals surface area contributed by atoms with E-state index in [1.165, 1.54) is 11.4 Å². The highest BCUT2D eigenvalue weighted by atomic mass is 79.9. The molecule has 1 atom stereocenters. The number of fused-ring (bicyclic) bond motifs is 1. The van der Waals surface area contributed by atoms with E-state index < -0.39 is 16.1 Å². The Labute approximate surface area is 143 Å². The molecule has 0 fully saturated rings. The summed E-state index contributed by atoms with van der Waals surface area (Å²) >= 11 is 3.30. The standard InChI is InChI=1S/C16H16BrNO4S/c1-22-12-4-7-15-14(10-12)16(19)8-9-18(15)23(20,21)13-5-2-11(17)3-6-13/h2-7,10,16,19H,8-9H2,1H3. The van der Waals surface area contributed by atoms with Gasteiger partial charge in [0.05, 0.1) is 23.8 Å². The summed E-state index contributed by atoms with van der Waals surface area (Å²) in [6, 6.07) is 11.6. The van der Waals surface area contributed by atoms with Crippen LogP contribution in [0, 0.1) is 0 Å². The number of hydrogen-bond acceptors (Lipinski definition) is 4. The van der Waals surface area contributed by atoms with Gasteiger partial charge in [-0.3, -0.25) is 4.31 Å². The van der Waals surface area contributed by atoms with E-state index in [0.29, 0.717) is 23.4 Å². The van der Waals surface area contributed by atoms with Crippen LogP contribution in [0.3, 0.4) is 0 Å². The summed E-state index contributed by atoms with van der Waals surface area (Å²) in [5, 5.41) is 10.2. The highest BCUT2D eigenvalue weighted by molar-refractivity contribution is 9.10. The minimum absolute atomic E-state index is 0.221. The van der Waals surface area contributed by atoms with E-state index in [1.54, 1.807) is 42.5 Å². The molecule has 1 aliphatic rings. The summed E-state index contributed by atoms with van der Waals surface area (Å²) in [4.78, 5) is 0.221. The number of sulfonamides is 1. The topological polar surface area (TPSA) is 66.8 Å². The number of hydrogen-bond donors (Lipinski definition) is 1. The molecule has 3 rings (SSSR count). The van der Waals surface area contributed by atoms with Gasteiger partial charge in [-0.05, 0) is 48.9 Å². The molecule has 0 saturated heterocycles. The summed E-state index contributed by atoms with van der Waals surface area (Å²) < 4.78 is 33.2. The van der Waals surface area contributed by atoms with Gasteiger partial charge in [0, 0.05) is 16.6 Å². The van der Waals surface area contributed by atoms with Crippen molar-refractivity contribution in [2.45, 2.75) is 17.4 Å². The maximum absolute atomic E-state index is 12.9. The van der Waals surface area contributed by atoms with Gasteiger partial charge in [-0.25, -0.2) is 8.42 Å². The van der Waals surface area contributed by atoms with Gasteiger partial charge in [-0.15, -0.1) is 0 Å². The maximum atomic E-state index is 12.9. The number of rotatable bonds is 3. The van der Waals surface area contributed by atoms with Crippen molar-refractivity contribution in [2.75, 3.05) is 18.0 Å². The maximum Gasteiger partial charge on any atom is 0.264 e. The largest absolute Gasteiger partial charge is 0.497 e. The molecule has 0 radical (unpaired) electrons. The number of benzene rings is 2. The second kappa shape index (κ2) is 6.14. The fraction of sp³-hybridized carbons (Fsp3) is 0.250. The third kappa shape index (κ3) is 2.96. The Balaban J connectivity index is 2.08. The van der Waals surface area contributed by atoms with Crippen molar-refractivity contribution in [2.24, 2.45) is 0 Å². The molecular formula is C16H16BrNO4S. The van der Waals surface area contributed by atoms with E-state index in [4.69, 9.17) is 4.74 Å². The van der Waals surface area contributed by atoms with Crippen LogP contribution in [0.5, 0.6) is 5.75 Å². The third-order valence-electron chi connectivity index (χ3n) is 3.87. The van der Waals surface area contributed by atoms with Crippen molar-refractivity contribution < 1.29 is 18.3 Å². The SMILES string of the molecule is COc1ccc2c(c1)C(O)CCN2S(=O)(=O)c1ccc(Br)cc1. The highest BCUT2D eigenvalue weighted by Gasteiger charge is 2.32. The fourth-order valence-electron chi connectivity index (χ4n) is 2.65. The zero-order chi connectivity index (χ0) is 16.6. The van der Waals surface area contributed by atoms with Gasteiger partial charge in [-0.2, -0.15) is 0 Å². The predicted octanol–water partition coefficient (Wildman–Crippen LogP) is 3.09. The number of methoxy groups -OCH3 is 1. The van der Waals surface area contributed by atoms with Gasteiger partial charge >= 0.3 is 0 Å². The van der Waals surface area contributed by atoms with Gasteiger partial charge in [-0.1, -0.05) is 15.9 Å². The van der Waals surface area contributed by atoms with Crippen LogP contribution in [-0.2, 0) is 10.0 Å². The van der Waals surface area contributed by atoms with Gasteiger partial charge in [0.15, 0.2) is 0 Å². The molecule has 0 bridgehead atoms. The summed E-state index contributed by atoms with van der Waals surface area (Å²) in [7, 11) is -2.14. The molecule has 0 spiro atoms. The number of anilines is 1.